The van der Waals surface area contributed by atoms with Crippen molar-refractivity contribution in [2.45, 2.75) is 23.2 Å². The molecule has 1 heterocycles. The van der Waals surface area contributed by atoms with Gasteiger partial charge in [0.1, 0.15) is 5.25 Å². The molecule has 0 saturated heterocycles. The van der Waals surface area contributed by atoms with E-state index in [4.69, 9.17) is 5.11 Å². The van der Waals surface area contributed by atoms with E-state index in [9.17, 15) is 4.79 Å². The van der Waals surface area contributed by atoms with Gasteiger partial charge in [0.05, 0.1) is 0 Å². The lowest BCUT2D eigenvalue weighted by Gasteiger charge is -2.08. The third-order valence-electron chi connectivity index (χ3n) is 2.07. The van der Waals surface area contributed by atoms with Crippen molar-refractivity contribution in [1.82, 2.24) is 9.97 Å². The van der Waals surface area contributed by atoms with E-state index < -0.39 is 5.97 Å². The van der Waals surface area contributed by atoms with Gasteiger partial charge >= 0.3 is 5.97 Å². The van der Waals surface area contributed by atoms with E-state index in [1.165, 1.54) is 11.8 Å². The molecule has 1 aliphatic carbocycles. The van der Waals surface area contributed by atoms with Crippen molar-refractivity contribution >= 4 is 17.7 Å². The normalized spacial score (nSPS) is 17.7. The summed E-state index contributed by atoms with van der Waals surface area (Å²) >= 11 is 1.25. The Hall–Kier alpha value is -1.10. The van der Waals surface area contributed by atoms with Crippen molar-refractivity contribution in [2.75, 3.05) is 0 Å². The minimum absolute atomic E-state index is 0.307. The maximum atomic E-state index is 10.9. The van der Waals surface area contributed by atoms with Crippen LogP contribution in [-0.4, -0.2) is 26.3 Å². The first-order valence-corrected chi connectivity index (χ1v) is 5.32. The molecule has 4 nitrogen and oxygen atoms in total. The average molecular weight is 210 g/mol. The third kappa shape index (κ3) is 2.23. The lowest BCUT2D eigenvalue weighted by Crippen LogP contribution is -2.18. The zero-order valence-electron chi connectivity index (χ0n) is 7.46. The van der Waals surface area contributed by atoms with Crippen molar-refractivity contribution in [2.24, 2.45) is 5.92 Å². The molecule has 0 aromatic carbocycles. The van der Waals surface area contributed by atoms with Crippen LogP contribution in [0.15, 0.2) is 23.6 Å². The number of aliphatic carboxylic acids is 1. The SMILES string of the molecule is O=C(O)C(Sc1ncccn1)C1CC1. The quantitative estimate of drug-likeness (QED) is 0.601. The van der Waals surface area contributed by atoms with Crippen molar-refractivity contribution < 1.29 is 9.90 Å². The number of thioether (sulfide) groups is 1. The number of carboxylic acids is 1. The molecule has 0 aliphatic heterocycles. The van der Waals surface area contributed by atoms with E-state index in [1.807, 2.05) is 0 Å². The van der Waals surface area contributed by atoms with Crippen LogP contribution in [0.5, 0.6) is 0 Å². The molecular weight excluding hydrogens is 200 g/mol. The maximum absolute atomic E-state index is 10.9. The molecule has 0 radical (unpaired) electrons. The summed E-state index contributed by atoms with van der Waals surface area (Å²) in [5.41, 5.74) is 0. The van der Waals surface area contributed by atoms with Gasteiger partial charge in [-0.3, -0.25) is 4.79 Å². The lowest BCUT2D eigenvalue weighted by atomic mass is 10.3. The Morgan fingerprint density at radius 3 is 2.64 bits per heavy atom. The third-order valence-corrected chi connectivity index (χ3v) is 3.33. The highest BCUT2D eigenvalue weighted by Gasteiger charge is 2.37. The highest BCUT2D eigenvalue weighted by atomic mass is 32.2. The van der Waals surface area contributed by atoms with Gasteiger partial charge in [0.2, 0.25) is 0 Å². The molecule has 0 bridgehead atoms. The molecule has 74 valence electrons. The monoisotopic (exact) mass is 210 g/mol. The summed E-state index contributed by atoms with van der Waals surface area (Å²) in [6.45, 7) is 0. The summed E-state index contributed by atoms with van der Waals surface area (Å²) in [4.78, 5) is 18.9. The predicted molar refractivity (Wildman–Crippen MR) is 52.0 cm³/mol. The Bertz CT molecular complexity index is 327. The molecule has 1 aromatic rings. The summed E-state index contributed by atoms with van der Waals surface area (Å²) in [6, 6.07) is 1.72. The first-order valence-electron chi connectivity index (χ1n) is 4.44. The van der Waals surface area contributed by atoms with Gasteiger partial charge < -0.3 is 5.11 Å². The average Bonchev–Trinajstić information content (AvgIpc) is 2.99. The van der Waals surface area contributed by atoms with Gasteiger partial charge in [0.15, 0.2) is 5.16 Å². The summed E-state index contributed by atoms with van der Waals surface area (Å²) < 4.78 is 0. The van der Waals surface area contributed by atoms with Gasteiger partial charge in [-0.2, -0.15) is 0 Å². The number of hydrogen-bond donors (Lipinski definition) is 1. The van der Waals surface area contributed by atoms with Crippen LogP contribution >= 0.6 is 11.8 Å². The Kier molecular flexibility index (Phi) is 2.67. The Balaban J connectivity index is 2.04. The molecular formula is C9H10N2O2S. The number of nitrogens with zero attached hydrogens (tertiary/aromatic N) is 2. The number of hydrogen-bond acceptors (Lipinski definition) is 4. The van der Waals surface area contributed by atoms with Gasteiger partial charge in [0.25, 0.3) is 0 Å². The first-order chi connectivity index (χ1) is 6.77. The van der Waals surface area contributed by atoms with E-state index in [1.54, 1.807) is 18.5 Å². The minimum Gasteiger partial charge on any atom is -0.480 e. The largest absolute Gasteiger partial charge is 0.480 e. The van der Waals surface area contributed by atoms with Crippen molar-refractivity contribution in [3.05, 3.63) is 18.5 Å². The lowest BCUT2D eigenvalue weighted by molar-refractivity contribution is -0.136. The molecule has 1 aliphatic rings. The second kappa shape index (κ2) is 3.96. The zero-order chi connectivity index (χ0) is 9.97. The van der Waals surface area contributed by atoms with Gasteiger partial charge in [0, 0.05) is 12.4 Å². The summed E-state index contributed by atoms with van der Waals surface area (Å²) in [6.07, 6.45) is 5.27. The maximum Gasteiger partial charge on any atom is 0.317 e. The molecule has 1 fully saturated rings. The van der Waals surface area contributed by atoms with Crippen LogP contribution in [0.3, 0.4) is 0 Å². The second-order valence-corrected chi connectivity index (χ2v) is 4.35. The summed E-state index contributed by atoms with van der Waals surface area (Å²) in [7, 11) is 0. The van der Waals surface area contributed by atoms with Crippen LogP contribution < -0.4 is 0 Å². The van der Waals surface area contributed by atoms with Crippen molar-refractivity contribution in [3.63, 3.8) is 0 Å². The molecule has 0 spiro atoms. The summed E-state index contributed by atoms with van der Waals surface area (Å²) in [5, 5.41) is 9.14. The molecule has 2 rings (SSSR count). The minimum atomic E-state index is -0.759. The Labute approximate surface area is 85.8 Å². The number of carbonyl (C=O) groups is 1. The Morgan fingerprint density at radius 2 is 2.14 bits per heavy atom. The van der Waals surface area contributed by atoms with E-state index in [0.717, 1.165) is 12.8 Å². The van der Waals surface area contributed by atoms with Gasteiger partial charge in [-0.05, 0) is 24.8 Å². The van der Waals surface area contributed by atoms with Gasteiger partial charge in [-0.15, -0.1) is 0 Å². The van der Waals surface area contributed by atoms with E-state index >= 15 is 0 Å². The molecule has 1 N–H and O–H groups in total. The van der Waals surface area contributed by atoms with Crippen LogP contribution in [0.4, 0.5) is 0 Å². The zero-order valence-corrected chi connectivity index (χ0v) is 8.28. The second-order valence-electron chi connectivity index (χ2n) is 3.25. The number of rotatable bonds is 4. The van der Waals surface area contributed by atoms with Crippen LogP contribution in [0.1, 0.15) is 12.8 Å². The fourth-order valence-electron chi connectivity index (χ4n) is 1.21. The van der Waals surface area contributed by atoms with Gasteiger partial charge in [-0.1, -0.05) is 11.8 Å². The molecule has 1 saturated carbocycles. The van der Waals surface area contributed by atoms with Crippen LogP contribution in [0.25, 0.3) is 0 Å². The first kappa shape index (κ1) is 9.45. The molecule has 0 amide bonds. The van der Waals surface area contributed by atoms with E-state index in [-0.39, 0.29) is 5.25 Å². The van der Waals surface area contributed by atoms with Crippen LogP contribution in [-0.2, 0) is 4.79 Å². The molecule has 5 heteroatoms. The van der Waals surface area contributed by atoms with Crippen molar-refractivity contribution in [1.29, 1.82) is 0 Å². The topological polar surface area (TPSA) is 63.1 Å². The fraction of sp³-hybridized carbons (Fsp3) is 0.444. The van der Waals surface area contributed by atoms with E-state index in [2.05, 4.69) is 9.97 Å². The van der Waals surface area contributed by atoms with Crippen LogP contribution in [0.2, 0.25) is 0 Å². The standard InChI is InChI=1S/C9H10N2O2S/c12-8(13)7(6-2-3-6)14-9-10-4-1-5-11-9/h1,4-7H,2-3H2,(H,12,13). The molecule has 1 aromatic heterocycles. The number of carboxylic acid groups (broad SMARTS) is 1. The highest BCUT2D eigenvalue weighted by molar-refractivity contribution is 8.00. The molecule has 1 unspecified atom stereocenters. The highest BCUT2D eigenvalue weighted by Crippen LogP contribution is 2.40. The molecule has 14 heavy (non-hydrogen) atoms. The van der Waals surface area contributed by atoms with Crippen molar-refractivity contribution in [3.8, 4) is 0 Å². The summed E-state index contributed by atoms with van der Waals surface area (Å²) in [5.74, 6) is -0.453. The molecule has 1 atom stereocenters. The van der Waals surface area contributed by atoms with E-state index in [0.29, 0.717) is 11.1 Å². The Morgan fingerprint density at radius 1 is 1.50 bits per heavy atom. The van der Waals surface area contributed by atoms with Crippen LogP contribution in [0, 0.1) is 5.92 Å². The fourth-order valence-corrected chi connectivity index (χ4v) is 2.24. The van der Waals surface area contributed by atoms with Gasteiger partial charge in [-0.25, -0.2) is 9.97 Å². The number of aromatic nitrogens is 2. The smallest absolute Gasteiger partial charge is 0.317 e. The predicted octanol–water partition coefficient (Wildman–Crippen LogP) is 1.43.